The van der Waals surface area contributed by atoms with Crippen molar-refractivity contribution in [1.82, 2.24) is 15.0 Å². The van der Waals surface area contributed by atoms with E-state index in [0.717, 1.165) is 13.2 Å². The van der Waals surface area contributed by atoms with Crippen LogP contribution in [0.2, 0.25) is 0 Å². The molecule has 1 aromatic heterocycles. The van der Waals surface area contributed by atoms with Crippen molar-refractivity contribution < 1.29 is 32.2 Å². The number of rotatable bonds is 7. The standard InChI is InChI=1S/C14H15N5O7S/c1-24-11(21)9-7(10(15)20)5-4-6-8(9)27(22,23)19-12-16-13(25-2)18-14(17-12)26-3/h4-6H,1-3H3,(H2,15,20)(H,16,17,18,19). The molecule has 2 rings (SSSR count). The van der Waals surface area contributed by atoms with E-state index in [2.05, 4.69) is 24.4 Å². The van der Waals surface area contributed by atoms with E-state index < -0.39 is 38.3 Å². The van der Waals surface area contributed by atoms with Gasteiger partial charge in [-0.25, -0.2) is 17.9 Å². The van der Waals surface area contributed by atoms with Crippen LogP contribution in [0.3, 0.4) is 0 Å². The van der Waals surface area contributed by atoms with E-state index in [4.69, 9.17) is 15.2 Å². The Hall–Kier alpha value is -3.48. The molecule has 0 spiro atoms. The van der Waals surface area contributed by atoms with Gasteiger partial charge in [0.25, 0.3) is 10.0 Å². The molecule has 0 bridgehead atoms. The Morgan fingerprint density at radius 3 is 2.11 bits per heavy atom. The Kier molecular flexibility index (Phi) is 5.75. The van der Waals surface area contributed by atoms with Crippen molar-refractivity contribution in [2.24, 2.45) is 5.73 Å². The second kappa shape index (κ2) is 7.82. The molecule has 0 aliphatic heterocycles. The number of nitrogens with one attached hydrogen (secondary N) is 1. The summed E-state index contributed by atoms with van der Waals surface area (Å²) >= 11 is 0. The number of hydrogen-bond donors (Lipinski definition) is 2. The zero-order valence-corrected chi connectivity index (χ0v) is 15.2. The van der Waals surface area contributed by atoms with Crippen LogP contribution in [0, 0.1) is 0 Å². The molecule has 0 saturated heterocycles. The van der Waals surface area contributed by atoms with Gasteiger partial charge in [-0.05, 0) is 12.1 Å². The van der Waals surface area contributed by atoms with Crippen LogP contribution in [0.25, 0.3) is 0 Å². The van der Waals surface area contributed by atoms with Gasteiger partial charge < -0.3 is 19.9 Å². The normalized spacial score (nSPS) is 10.8. The predicted octanol–water partition coefficient (Wildman–Crippen LogP) is -0.425. The first-order valence-electron chi connectivity index (χ1n) is 7.11. The summed E-state index contributed by atoms with van der Waals surface area (Å²) in [6.07, 6.45) is 0. The van der Waals surface area contributed by atoms with Crippen LogP contribution in [0.15, 0.2) is 23.1 Å². The molecule has 0 radical (unpaired) electrons. The first kappa shape index (κ1) is 19.8. The van der Waals surface area contributed by atoms with Crippen molar-refractivity contribution in [3.8, 4) is 12.0 Å². The van der Waals surface area contributed by atoms with Gasteiger partial charge in [-0.2, -0.15) is 9.97 Å². The summed E-state index contributed by atoms with van der Waals surface area (Å²) in [7, 11) is -0.869. The molecular formula is C14H15N5O7S. The monoisotopic (exact) mass is 397 g/mol. The van der Waals surface area contributed by atoms with Gasteiger partial charge in [-0.3, -0.25) is 4.79 Å². The van der Waals surface area contributed by atoms with Gasteiger partial charge in [0, 0.05) is 0 Å². The SMILES string of the molecule is COC(=O)c1c(C(N)=O)cccc1S(=O)(=O)Nc1nc(OC)nc(OC)n1. The minimum atomic E-state index is -4.43. The van der Waals surface area contributed by atoms with Gasteiger partial charge in [0.05, 0.1) is 32.5 Å². The molecule has 1 amide bonds. The number of carbonyl (C=O) groups is 2. The molecule has 0 saturated carbocycles. The molecule has 0 aliphatic rings. The third kappa shape index (κ3) is 4.20. The summed E-state index contributed by atoms with van der Waals surface area (Å²) in [5.41, 5.74) is 4.38. The third-order valence-electron chi connectivity index (χ3n) is 3.16. The molecule has 0 unspecified atom stereocenters. The first-order valence-corrected chi connectivity index (χ1v) is 8.59. The second-order valence-electron chi connectivity index (χ2n) is 4.77. The number of ether oxygens (including phenoxy) is 3. The molecule has 1 aromatic carbocycles. The van der Waals surface area contributed by atoms with Crippen molar-refractivity contribution in [2.45, 2.75) is 4.90 Å². The minimum Gasteiger partial charge on any atom is -0.467 e. The van der Waals surface area contributed by atoms with E-state index in [1.807, 2.05) is 0 Å². The second-order valence-corrected chi connectivity index (χ2v) is 6.42. The molecule has 13 heteroatoms. The Bertz CT molecular complexity index is 971. The van der Waals surface area contributed by atoms with Crippen molar-refractivity contribution in [1.29, 1.82) is 0 Å². The van der Waals surface area contributed by atoms with Crippen LogP contribution >= 0.6 is 0 Å². The van der Waals surface area contributed by atoms with E-state index in [-0.39, 0.29) is 17.6 Å². The van der Waals surface area contributed by atoms with E-state index in [1.165, 1.54) is 26.4 Å². The van der Waals surface area contributed by atoms with Gasteiger partial charge >= 0.3 is 18.0 Å². The van der Waals surface area contributed by atoms with Crippen molar-refractivity contribution in [3.63, 3.8) is 0 Å². The topological polar surface area (TPSA) is 173 Å². The van der Waals surface area contributed by atoms with Gasteiger partial charge in [0.1, 0.15) is 4.90 Å². The highest BCUT2D eigenvalue weighted by Crippen LogP contribution is 2.23. The average Bonchev–Trinajstić information content (AvgIpc) is 2.65. The van der Waals surface area contributed by atoms with Crippen LogP contribution < -0.4 is 19.9 Å². The number of anilines is 1. The van der Waals surface area contributed by atoms with Crippen LogP contribution in [0.5, 0.6) is 12.0 Å². The molecule has 1 heterocycles. The summed E-state index contributed by atoms with van der Waals surface area (Å²) in [5, 5.41) is 0. The van der Waals surface area contributed by atoms with Gasteiger partial charge in [-0.1, -0.05) is 6.07 Å². The predicted molar refractivity (Wildman–Crippen MR) is 90.0 cm³/mol. The molecule has 0 aliphatic carbocycles. The highest BCUT2D eigenvalue weighted by atomic mass is 32.2. The summed E-state index contributed by atoms with van der Waals surface area (Å²) < 4.78 is 41.8. The van der Waals surface area contributed by atoms with Crippen LogP contribution in [-0.2, 0) is 14.8 Å². The average molecular weight is 397 g/mol. The maximum Gasteiger partial charge on any atom is 0.340 e. The Balaban J connectivity index is 2.59. The molecule has 0 atom stereocenters. The number of nitrogens with two attached hydrogens (primary N) is 1. The fraction of sp³-hybridized carbons (Fsp3) is 0.214. The quantitative estimate of drug-likeness (QED) is 0.584. The zero-order chi connectivity index (χ0) is 20.2. The zero-order valence-electron chi connectivity index (χ0n) is 14.4. The summed E-state index contributed by atoms with van der Waals surface area (Å²) in [5.74, 6) is -2.49. The maximum absolute atomic E-state index is 12.8. The highest BCUT2D eigenvalue weighted by molar-refractivity contribution is 7.92. The van der Waals surface area contributed by atoms with Gasteiger partial charge in [0.2, 0.25) is 11.9 Å². The Labute approximate surface area is 153 Å². The number of primary amides is 1. The van der Waals surface area contributed by atoms with Crippen molar-refractivity contribution in [2.75, 3.05) is 26.1 Å². The first-order chi connectivity index (χ1) is 12.7. The molecular weight excluding hydrogens is 382 g/mol. The highest BCUT2D eigenvalue weighted by Gasteiger charge is 2.28. The van der Waals surface area contributed by atoms with Crippen LogP contribution in [-0.4, -0.2) is 56.6 Å². The number of amides is 1. The molecule has 2 aromatic rings. The lowest BCUT2D eigenvalue weighted by Gasteiger charge is -2.13. The number of benzene rings is 1. The lowest BCUT2D eigenvalue weighted by molar-refractivity contribution is 0.0592. The minimum absolute atomic E-state index is 0.210. The molecule has 27 heavy (non-hydrogen) atoms. The lowest BCUT2D eigenvalue weighted by Crippen LogP contribution is -2.23. The fourth-order valence-electron chi connectivity index (χ4n) is 2.01. The fourth-order valence-corrected chi connectivity index (χ4v) is 3.18. The number of sulfonamides is 1. The summed E-state index contributed by atoms with van der Waals surface area (Å²) in [4.78, 5) is 34.3. The Morgan fingerprint density at radius 1 is 1.04 bits per heavy atom. The lowest BCUT2D eigenvalue weighted by atomic mass is 10.1. The number of esters is 1. The van der Waals surface area contributed by atoms with Crippen LogP contribution in [0.4, 0.5) is 5.95 Å². The van der Waals surface area contributed by atoms with Gasteiger partial charge in [-0.15, -0.1) is 4.98 Å². The number of aromatic nitrogens is 3. The largest absolute Gasteiger partial charge is 0.467 e. The van der Waals surface area contributed by atoms with Crippen molar-refractivity contribution in [3.05, 3.63) is 29.3 Å². The number of nitrogens with zero attached hydrogens (tertiary/aromatic N) is 3. The number of hydrogen-bond acceptors (Lipinski definition) is 10. The van der Waals surface area contributed by atoms with E-state index in [1.54, 1.807) is 0 Å². The third-order valence-corrected chi connectivity index (χ3v) is 4.53. The van der Waals surface area contributed by atoms with Crippen LogP contribution in [0.1, 0.15) is 20.7 Å². The molecule has 0 fully saturated rings. The molecule has 3 N–H and O–H groups in total. The van der Waals surface area contributed by atoms with E-state index >= 15 is 0 Å². The molecule has 144 valence electrons. The Morgan fingerprint density at radius 2 is 1.63 bits per heavy atom. The number of carbonyl (C=O) groups excluding carboxylic acids is 2. The summed E-state index contributed by atoms with van der Waals surface area (Å²) in [6.45, 7) is 0. The smallest absolute Gasteiger partial charge is 0.340 e. The number of methoxy groups -OCH3 is 3. The molecule has 12 nitrogen and oxygen atoms in total. The van der Waals surface area contributed by atoms with E-state index in [9.17, 15) is 18.0 Å². The summed E-state index contributed by atoms with van der Waals surface area (Å²) in [6, 6.07) is 3.12. The maximum atomic E-state index is 12.8. The van der Waals surface area contributed by atoms with Gasteiger partial charge in [0.15, 0.2) is 0 Å². The van der Waals surface area contributed by atoms with E-state index in [0.29, 0.717) is 0 Å². The van der Waals surface area contributed by atoms with Crippen molar-refractivity contribution >= 4 is 27.8 Å².